The fourth-order valence-corrected chi connectivity index (χ4v) is 3.16. The maximum absolute atomic E-state index is 12.8. The third-order valence-corrected chi connectivity index (χ3v) is 4.63. The van der Waals surface area contributed by atoms with Crippen molar-refractivity contribution in [3.63, 3.8) is 0 Å². The molecule has 0 aliphatic heterocycles. The number of fused-ring (bicyclic) bond motifs is 1. The van der Waals surface area contributed by atoms with E-state index in [1.165, 1.54) is 14.2 Å². The van der Waals surface area contributed by atoms with Crippen LogP contribution in [0, 0.1) is 0 Å². The van der Waals surface area contributed by atoms with E-state index in [0.717, 1.165) is 5.56 Å². The molecule has 0 aliphatic rings. The lowest BCUT2D eigenvalue weighted by Gasteiger charge is -2.13. The maximum atomic E-state index is 12.8. The summed E-state index contributed by atoms with van der Waals surface area (Å²) >= 11 is 6.00. The average molecular weight is 409 g/mol. The van der Waals surface area contributed by atoms with E-state index < -0.39 is 0 Å². The Bertz CT molecular complexity index is 1160. The van der Waals surface area contributed by atoms with Gasteiger partial charge in [-0.15, -0.1) is 0 Å². The van der Waals surface area contributed by atoms with Crippen LogP contribution in [0.15, 0.2) is 65.1 Å². The van der Waals surface area contributed by atoms with E-state index in [9.17, 15) is 4.79 Å². The molecular formula is C22H17ClN2O4. The second-order valence-electron chi connectivity index (χ2n) is 6.20. The minimum Gasteiger partial charge on any atom is -0.496 e. The molecule has 0 fully saturated rings. The molecule has 0 atom stereocenters. The van der Waals surface area contributed by atoms with Crippen molar-refractivity contribution in [2.75, 3.05) is 19.5 Å². The van der Waals surface area contributed by atoms with E-state index >= 15 is 0 Å². The molecule has 4 rings (SSSR count). The largest absolute Gasteiger partial charge is 0.496 e. The number of hydrogen-bond acceptors (Lipinski definition) is 5. The van der Waals surface area contributed by atoms with Crippen molar-refractivity contribution < 1.29 is 18.7 Å². The van der Waals surface area contributed by atoms with Gasteiger partial charge in [-0.05, 0) is 54.6 Å². The lowest BCUT2D eigenvalue weighted by atomic mass is 10.1. The van der Waals surface area contributed by atoms with Crippen LogP contribution in [0.2, 0.25) is 5.02 Å². The average Bonchev–Trinajstić information content (AvgIpc) is 3.16. The molecule has 0 radical (unpaired) electrons. The second-order valence-corrected chi connectivity index (χ2v) is 6.64. The molecule has 0 bridgehead atoms. The van der Waals surface area contributed by atoms with Gasteiger partial charge in [0.15, 0.2) is 5.58 Å². The molecule has 1 aromatic heterocycles. The molecule has 1 amide bonds. The molecule has 3 aromatic carbocycles. The number of anilines is 1. The summed E-state index contributed by atoms with van der Waals surface area (Å²) in [6.07, 6.45) is 0. The number of amides is 1. The number of rotatable bonds is 5. The van der Waals surface area contributed by atoms with Crippen molar-refractivity contribution in [3.05, 3.63) is 71.2 Å². The minimum atomic E-state index is -0.330. The summed E-state index contributed by atoms with van der Waals surface area (Å²) in [6, 6.07) is 17.7. The van der Waals surface area contributed by atoms with Gasteiger partial charge in [-0.25, -0.2) is 4.98 Å². The van der Waals surface area contributed by atoms with Crippen LogP contribution in [0.25, 0.3) is 22.6 Å². The predicted molar refractivity (Wildman–Crippen MR) is 112 cm³/mol. The van der Waals surface area contributed by atoms with Gasteiger partial charge in [-0.2, -0.15) is 0 Å². The van der Waals surface area contributed by atoms with Crippen molar-refractivity contribution in [1.82, 2.24) is 4.98 Å². The Morgan fingerprint density at radius 3 is 2.34 bits per heavy atom. The lowest BCUT2D eigenvalue weighted by Crippen LogP contribution is -2.14. The fraction of sp³-hybridized carbons (Fsp3) is 0.0909. The topological polar surface area (TPSA) is 73.6 Å². The quantitative estimate of drug-likeness (QED) is 0.477. The van der Waals surface area contributed by atoms with Crippen LogP contribution < -0.4 is 14.8 Å². The van der Waals surface area contributed by atoms with Crippen LogP contribution in [0.5, 0.6) is 11.5 Å². The molecule has 146 valence electrons. The van der Waals surface area contributed by atoms with Gasteiger partial charge >= 0.3 is 0 Å². The number of ether oxygens (including phenoxy) is 2. The van der Waals surface area contributed by atoms with Gasteiger partial charge in [0.25, 0.3) is 5.91 Å². The first-order valence-electron chi connectivity index (χ1n) is 8.78. The van der Waals surface area contributed by atoms with Crippen LogP contribution in [0.4, 0.5) is 5.69 Å². The van der Waals surface area contributed by atoms with Crippen LogP contribution in [-0.2, 0) is 0 Å². The lowest BCUT2D eigenvalue weighted by molar-refractivity contribution is 0.102. The summed E-state index contributed by atoms with van der Waals surface area (Å²) in [7, 11) is 3.02. The van der Waals surface area contributed by atoms with E-state index in [4.69, 9.17) is 25.5 Å². The van der Waals surface area contributed by atoms with Crippen LogP contribution in [0.1, 0.15) is 10.4 Å². The molecule has 0 spiro atoms. The highest BCUT2D eigenvalue weighted by molar-refractivity contribution is 6.31. The normalized spacial score (nSPS) is 10.7. The van der Waals surface area contributed by atoms with E-state index in [1.54, 1.807) is 48.5 Å². The summed E-state index contributed by atoms with van der Waals surface area (Å²) in [5.41, 5.74) is 3.08. The number of nitrogens with zero attached hydrogens (tertiary/aromatic N) is 1. The van der Waals surface area contributed by atoms with Gasteiger partial charge < -0.3 is 19.2 Å². The van der Waals surface area contributed by atoms with Crippen LogP contribution in [-0.4, -0.2) is 25.1 Å². The van der Waals surface area contributed by atoms with Crippen molar-refractivity contribution in [3.8, 4) is 23.0 Å². The standard InChI is InChI=1S/C22H17ClN2O4/c1-27-18-4-3-5-19(28-2)20(18)21(26)24-15-9-6-13(7-10-15)22-25-16-12-14(23)8-11-17(16)29-22/h3-12H,1-2H3,(H,24,26). The number of aromatic nitrogens is 1. The van der Waals surface area contributed by atoms with Crippen LogP contribution >= 0.6 is 11.6 Å². The zero-order valence-corrected chi connectivity index (χ0v) is 16.5. The Labute approximate surface area is 172 Å². The number of oxazole rings is 1. The molecule has 4 aromatic rings. The predicted octanol–water partition coefficient (Wildman–Crippen LogP) is 5.42. The molecule has 0 saturated carbocycles. The van der Waals surface area contributed by atoms with Gasteiger partial charge in [0, 0.05) is 16.3 Å². The highest BCUT2D eigenvalue weighted by Crippen LogP contribution is 2.30. The Balaban J connectivity index is 1.57. The summed E-state index contributed by atoms with van der Waals surface area (Å²) in [5.74, 6) is 1.02. The maximum Gasteiger partial charge on any atom is 0.263 e. The number of hydrogen-bond donors (Lipinski definition) is 1. The number of carbonyl (C=O) groups excluding carboxylic acids is 1. The number of methoxy groups -OCH3 is 2. The van der Waals surface area contributed by atoms with Gasteiger partial charge in [-0.1, -0.05) is 17.7 Å². The smallest absolute Gasteiger partial charge is 0.263 e. The highest BCUT2D eigenvalue weighted by atomic mass is 35.5. The molecule has 0 saturated heterocycles. The molecule has 0 unspecified atom stereocenters. The van der Waals surface area contributed by atoms with Gasteiger partial charge in [-0.3, -0.25) is 4.79 Å². The summed E-state index contributed by atoms with van der Waals surface area (Å²) in [6.45, 7) is 0. The first-order valence-corrected chi connectivity index (χ1v) is 9.15. The number of benzene rings is 3. The van der Waals surface area contributed by atoms with Gasteiger partial charge in [0.05, 0.1) is 14.2 Å². The Hall–Kier alpha value is -3.51. The second kappa shape index (κ2) is 7.85. The van der Waals surface area contributed by atoms with Gasteiger partial charge in [0.1, 0.15) is 22.6 Å². The Kier molecular flexibility index (Phi) is 5.10. The minimum absolute atomic E-state index is 0.330. The fourth-order valence-electron chi connectivity index (χ4n) is 2.99. The molecule has 1 heterocycles. The van der Waals surface area contributed by atoms with E-state index in [-0.39, 0.29) is 5.91 Å². The van der Waals surface area contributed by atoms with Crippen molar-refractivity contribution in [2.24, 2.45) is 0 Å². The van der Waals surface area contributed by atoms with Crippen molar-refractivity contribution >= 4 is 34.3 Å². The summed E-state index contributed by atoms with van der Waals surface area (Å²) in [4.78, 5) is 17.2. The van der Waals surface area contributed by atoms with Crippen LogP contribution in [0.3, 0.4) is 0 Å². The van der Waals surface area contributed by atoms with E-state index in [0.29, 0.717) is 44.8 Å². The summed E-state index contributed by atoms with van der Waals surface area (Å²) in [5, 5.41) is 3.45. The van der Waals surface area contributed by atoms with E-state index in [1.807, 2.05) is 12.1 Å². The highest BCUT2D eigenvalue weighted by Gasteiger charge is 2.18. The van der Waals surface area contributed by atoms with E-state index in [2.05, 4.69) is 10.3 Å². The van der Waals surface area contributed by atoms with Crippen molar-refractivity contribution in [2.45, 2.75) is 0 Å². The molecule has 1 N–H and O–H groups in total. The number of carbonyl (C=O) groups is 1. The zero-order valence-electron chi connectivity index (χ0n) is 15.7. The number of nitrogens with one attached hydrogen (secondary N) is 1. The number of halogens is 1. The third kappa shape index (κ3) is 3.75. The Morgan fingerprint density at radius 1 is 1.00 bits per heavy atom. The molecule has 6 nitrogen and oxygen atoms in total. The van der Waals surface area contributed by atoms with Gasteiger partial charge in [0.2, 0.25) is 5.89 Å². The summed E-state index contributed by atoms with van der Waals surface area (Å²) < 4.78 is 16.3. The molecule has 7 heteroatoms. The first-order chi connectivity index (χ1) is 14.1. The zero-order chi connectivity index (χ0) is 20.4. The van der Waals surface area contributed by atoms with Crippen molar-refractivity contribution in [1.29, 1.82) is 0 Å². The molecular weight excluding hydrogens is 392 g/mol. The molecule has 0 aliphatic carbocycles. The molecule has 29 heavy (non-hydrogen) atoms. The Morgan fingerprint density at radius 2 is 1.69 bits per heavy atom. The SMILES string of the molecule is COc1cccc(OC)c1C(=O)Nc1ccc(-c2nc3cc(Cl)ccc3o2)cc1. The first kappa shape index (κ1) is 18.8. The third-order valence-electron chi connectivity index (χ3n) is 4.39. The monoisotopic (exact) mass is 408 g/mol.